The molecule has 1 saturated heterocycles. The van der Waals surface area contributed by atoms with E-state index in [0.717, 1.165) is 19.4 Å². The normalized spacial score (nSPS) is 25.7. The Balaban J connectivity index is 2.15. The molecule has 1 atom stereocenters. The molecule has 0 aliphatic carbocycles. The highest BCUT2D eigenvalue weighted by atomic mass is 35.5. The van der Waals surface area contributed by atoms with Crippen molar-refractivity contribution in [2.75, 3.05) is 13.2 Å². The van der Waals surface area contributed by atoms with Gasteiger partial charge in [0.15, 0.2) is 0 Å². The molecule has 1 heterocycles. The fourth-order valence-electron chi connectivity index (χ4n) is 2.07. The van der Waals surface area contributed by atoms with E-state index in [4.69, 9.17) is 22.1 Å². The molecule has 4 heteroatoms. The van der Waals surface area contributed by atoms with Crippen LogP contribution in [0.5, 0.6) is 0 Å². The van der Waals surface area contributed by atoms with Gasteiger partial charge in [0.25, 0.3) is 0 Å². The summed E-state index contributed by atoms with van der Waals surface area (Å²) in [5.74, 6) is -0.250. The number of ether oxygens (including phenoxy) is 1. The molecule has 0 amide bonds. The summed E-state index contributed by atoms with van der Waals surface area (Å²) in [4.78, 5) is 0. The van der Waals surface area contributed by atoms with Crippen LogP contribution in [0.4, 0.5) is 4.39 Å². The van der Waals surface area contributed by atoms with Gasteiger partial charge >= 0.3 is 0 Å². The lowest BCUT2D eigenvalue weighted by Crippen LogP contribution is -2.49. The van der Waals surface area contributed by atoms with Gasteiger partial charge in [-0.25, -0.2) is 4.39 Å². The largest absolute Gasteiger partial charge is 0.380 e. The Hall–Kier alpha value is -0.640. The maximum absolute atomic E-state index is 13.5. The van der Waals surface area contributed by atoms with Crippen LogP contribution >= 0.6 is 11.6 Å². The molecule has 1 unspecified atom stereocenters. The van der Waals surface area contributed by atoms with Crippen molar-refractivity contribution < 1.29 is 9.13 Å². The van der Waals surface area contributed by atoms with Crippen molar-refractivity contribution in [3.63, 3.8) is 0 Å². The summed E-state index contributed by atoms with van der Waals surface area (Å²) in [6.45, 7) is 1.23. The molecule has 0 spiro atoms. The standard InChI is InChI=1S/C12H15ClFNO/c13-10-2-3-11(14)9(6-10)7-12(15)4-1-5-16-8-12/h2-3,6H,1,4-5,7-8,15H2. The van der Waals surface area contributed by atoms with E-state index in [2.05, 4.69) is 0 Å². The number of nitrogens with two attached hydrogens (primary N) is 1. The van der Waals surface area contributed by atoms with Gasteiger partial charge in [0.1, 0.15) is 5.82 Å². The number of halogens is 2. The van der Waals surface area contributed by atoms with Gasteiger partial charge in [-0.1, -0.05) is 11.6 Å². The van der Waals surface area contributed by atoms with E-state index in [9.17, 15) is 4.39 Å². The van der Waals surface area contributed by atoms with Gasteiger partial charge in [0, 0.05) is 17.2 Å². The van der Waals surface area contributed by atoms with Gasteiger partial charge < -0.3 is 10.5 Å². The Kier molecular flexibility index (Phi) is 3.47. The van der Waals surface area contributed by atoms with Crippen LogP contribution in [-0.2, 0) is 11.2 Å². The van der Waals surface area contributed by atoms with E-state index >= 15 is 0 Å². The summed E-state index contributed by atoms with van der Waals surface area (Å²) in [6, 6.07) is 4.56. The molecular weight excluding hydrogens is 229 g/mol. The van der Waals surface area contributed by atoms with Crippen LogP contribution in [-0.4, -0.2) is 18.8 Å². The van der Waals surface area contributed by atoms with Crippen LogP contribution in [0.2, 0.25) is 5.02 Å². The minimum Gasteiger partial charge on any atom is -0.380 e. The molecule has 2 N–H and O–H groups in total. The third-order valence-electron chi connectivity index (χ3n) is 2.90. The molecule has 1 fully saturated rings. The molecule has 0 saturated carbocycles. The molecular formula is C12H15ClFNO. The van der Waals surface area contributed by atoms with E-state index in [0.29, 0.717) is 23.6 Å². The summed E-state index contributed by atoms with van der Waals surface area (Å²) in [7, 11) is 0. The van der Waals surface area contributed by atoms with Crippen molar-refractivity contribution in [1.82, 2.24) is 0 Å². The smallest absolute Gasteiger partial charge is 0.126 e. The topological polar surface area (TPSA) is 35.2 Å². The Bertz CT molecular complexity index is 377. The van der Waals surface area contributed by atoms with Gasteiger partial charge in [-0.3, -0.25) is 0 Å². The second-order valence-corrected chi connectivity index (χ2v) is 4.87. The molecule has 2 nitrogen and oxygen atoms in total. The molecule has 0 radical (unpaired) electrons. The van der Waals surface area contributed by atoms with Crippen molar-refractivity contribution in [1.29, 1.82) is 0 Å². The molecule has 2 rings (SSSR count). The summed E-state index contributed by atoms with van der Waals surface area (Å²) in [5.41, 5.74) is 6.29. The average molecular weight is 244 g/mol. The molecule has 1 aromatic carbocycles. The number of benzene rings is 1. The van der Waals surface area contributed by atoms with Crippen molar-refractivity contribution in [2.24, 2.45) is 5.73 Å². The number of hydrogen-bond acceptors (Lipinski definition) is 2. The Morgan fingerprint density at radius 1 is 1.50 bits per heavy atom. The minimum atomic E-state index is -0.455. The quantitative estimate of drug-likeness (QED) is 0.866. The second kappa shape index (κ2) is 4.70. The molecule has 1 aliphatic heterocycles. The predicted octanol–water partition coefficient (Wildman–Crippen LogP) is 2.53. The van der Waals surface area contributed by atoms with Gasteiger partial charge in [-0.15, -0.1) is 0 Å². The van der Waals surface area contributed by atoms with Crippen LogP contribution in [0, 0.1) is 5.82 Å². The zero-order valence-electron chi connectivity index (χ0n) is 9.01. The molecule has 16 heavy (non-hydrogen) atoms. The lowest BCUT2D eigenvalue weighted by molar-refractivity contribution is 0.0379. The van der Waals surface area contributed by atoms with Crippen LogP contribution in [0.3, 0.4) is 0 Å². The third kappa shape index (κ3) is 2.73. The van der Waals surface area contributed by atoms with E-state index in [1.807, 2.05) is 0 Å². The van der Waals surface area contributed by atoms with E-state index in [1.165, 1.54) is 6.07 Å². The van der Waals surface area contributed by atoms with Gasteiger partial charge in [-0.2, -0.15) is 0 Å². The first-order valence-corrected chi connectivity index (χ1v) is 5.77. The lowest BCUT2D eigenvalue weighted by atomic mass is 9.86. The van der Waals surface area contributed by atoms with E-state index in [-0.39, 0.29) is 5.82 Å². The lowest BCUT2D eigenvalue weighted by Gasteiger charge is -2.33. The van der Waals surface area contributed by atoms with Gasteiger partial charge in [0.05, 0.1) is 6.61 Å². The molecule has 0 aromatic heterocycles. The fraction of sp³-hybridized carbons (Fsp3) is 0.500. The highest BCUT2D eigenvalue weighted by molar-refractivity contribution is 6.30. The van der Waals surface area contributed by atoms with E-state index < -0.39 is 5.54 Å². The highest BCUT2D eigenvalue weighted by Crippen LogP contribution is 2.24. The zero-order valence-corrected chi connectivity index (χ0v) is 9.77. The number of hydrogen-bond donors (Lipinski definition) is 1. The van der Waals surface area contributed by atoms with Crippen LogP contribution in [0.1, 0.15) is 18.4 Å². The van der Waals surface area contributed by atoms with Crippen molar-refractivity contribution in [2.45, 2.75) is 24.8 Å². The average Bonchev–Trinajstić information content (AvgIpc) is 2.24. The minimum absolute atomic E-state index is 0.250. The summed E-state index contributed by atoms with van der Waals surface area (Å²) in [6.07, 6.45) is 2.26. The SMILES string of the molecule is NC1(Cc2cc(Cl)ccc2F)CCCOC1. The molecule has 1 aliphatic rings. The van der Waals surface area contributed by atoms with Gasteiger partial charge in [0.2, 0.25) is 0 Å². The first-order chi connectivity index (χ1) is 7.59. The summed E-state index contributed by atoms with van der Waals surface area (Å²) in [5, 5.41) is 0.539. The highest BCUT2D eigenvalue weighted by Gasteiger charge is 2.29. The third-order valence-corrected chi connectivity index (χ3v) is 3.14. The Labute approximate surface area is 99.5 Å². The van der Waals surface area contributed by atoms with Crippen molar-refractivity contribution in [3.8, 4) is 0 Å². The first-order valence-electron chi connectivity index (χ1n) is 5.40. The molecule has 1 aromatic rings. The van der Waals surface area contributed by atoms with Crippen molar-refractivity contribution in [3.05, 3.63) is 34.6 Å². The Morgan fingerprint density at radius 2 is 2.31 bits per heavy atom. The maximum atomic E-state index is 13.5. The van der Waals surface area contributed by atoms with Crippen LogP contribution < -0.4 is 5.73 Å². The van der Waals surface area contributed by atoms with Crippen LogP contribution in [0.15, 0.2) is 18.2 Å². The van der Waals surface area contributed by atoms with Crippen molar-refractivity contribution >= 4 is 11.6 Å². The molecule has 88 valence electrons. The molecule has 0 bridgehead atoms. The fourth-order valence-corrected chi connectivity index (χ4v) is 2.27. The monoisotopic (exact) mass is 243 g/mol. The zero-order chi connectivity index (χ0) is 11.6. The maximum Gasteiger partial charge on any atom is 0.126 e. The van der Waals surface area contributed by atoms with E-state index in [1.54, 1.807) is 12.1 Å². The predicted molar refractivity (Wildman–Crippen MR) is 62.1 cm³/mol. The second-order valence-electron chi connectivity index (χ2n) is 4.43. The first kappa shape index (κ1) is 11.8. The van der Waals surface area contributed by atoms with Crippen LogP contribution in [0.25, 0.3) is 0 Å². The number of rotatable bonds is 2. The summed E-state index contributed by atoms with van der Waals surface area (Å²) >= 11 is 5.84. The van der Waals surface area contributed by atoms with Gasteiger partial charge in [-0.05, 0) is 43.0 Å². The Morgan fingerprint density at radius 3 is 3.00 bits per heavy atom. The summed E-state index contributed by atoms with van der Waals surface area (Å²) < 4.78 is 18.9.